The SMILES string of the molecule is CCNC(C)(C)CN1CC(C)OC(C)(C)C1. The van der Waals surface area contributed by atoms with Gasteiger partial charge in [-0.1, -0.05) is 6.92 Å². The normalized spacial score (nSPS) is 27.0. The Hall–Kier alpha value is -0.120. The van der Waals surface area contributed by atoms with Gasteiger partial charge in [0.15, 0.2) is 0 Å². The van der Waals surface area contributed by atoms with Crippen molar-refractivity contribution in [3.8, 4) is 0 Å². The molecule has 0 aromatic heterocycles. The molecule has 1 unspecified atom stereocenters. The first-order chi connectivity index (χ1) is 7.24. The van der Waals surface area contributed by atoms with Crippen molar-refractivity contribution >= 4 is 0 Å². The van der Waals surface area contributed by atoms with Gasteiger partial charge in [-0.3, -0.25) is 4.90 Å². The van der Waals surface area contributed by atoms with Crippen molar-refractivity contribution in [2.45, 2.75) is 58.8 Å². The quantitative estimate of drug-likeness (QED) is 0.795. The van der Waals surface area contributed by atoms with Gasteiger partial charge >= 0.3 is 0 Å². The van der Waals surface area contributed by atoms with Crippen molar-refractivity contribution in [1.82, 2.24) is 10.2 Å². The Morgan fingerprint density at radius 2 is 2.06 bits per heavy atom. The van der Waals surface area contributed by atoms with E-state index in [0.717, 1.165) is 26.2 Å². The van der Waals surface area contributed by atoms with Crippen LogP contribution in [0.1, 0.15) is 41.5 Å². The van der Waals surface area contributed by atoms with E-state index in [9.17, 15) is 0 Å². The molecule has 1 saturated heterocycles. The van der Waals surface area contributed by atoms with Crippen molar-refractivity contribution in [3.05, 3.63) is 0 Å². The van der Waals surface area contributed by atoms with E-state index in [-0.39, 0.29) is 11.1 Å². The molecule has 16 heavy (non-hydrogen) atoms. The molecule has 96 valence electrons. The van der Waals surface area contributed by atoms with Crippen LogP contribution < -0.4 is 5.32 Å². The molecule has 1 atom stereocenters. The lowest BCUT2D eigenvalue weighted by Gasteiger charge is -2.44. The van der Waals surface area contributed by atoms with Gasteiger partial charge in [0.1, 0.15) is 0 Å². The van der Waals surface area contributed by atoms with E-state index < -0.39 is 0 Å². The van der Waals surface area contributed by atoms with E-state index in [0.29, 0.717) is 6.10 Å². The minimum absolute atomic E-state index is 0.0139. The smallest absolute Gasteiger partial charge is 0.0757 e. The molecule has 0 radical (unpaired) electrons. The highest BCUT2D eigenvalue weighted by Crippen LogP contribution is 2.22. The van der Waals surface area contributed by atoms with Crippen LogP contribution in [0.5, 0.6) is 0 Å². The Bertz CT molecular complexity index is 226. The van der Waals surface area contributed by atoms with Gasteiger partial charge in [-0.05, 0) is 41.2 Å². The van der Waals surface area contributed by atoms with Gasteiger partial charge in [0, 0.05) is 25.2 Å². The zero-order valence-corrected chi connectivity index (χ0v) is 11.8. The van der Waals surface area contributed by atoms with E-state index in [1.807, 2.05) is 0 Å². The van der Waals surface area contributed by atoms with Crippen molar-refractivity contribution in [2.75, 3.05) is 26.2 Å². The third-order valence-corrected chi connectivity index (χ3v) is 2.91. The molecule has 0 aromatic carbocycles. The summed E-state index contributed by atoms with van der Waals surface area (Å²) in [7, 11) is 0. The molecular formula is C13H28N2O. The van der Waals surface area contributed by atoms with E-state index in [2.05, 4.69) is 51.8 Å². The van der Waals surface area contributed by atoms with Crippen LogP contribution in [0.25, 0.3) is 0 Å². The van der Waals surface area contributed by atoms with Crippen LogP contribution in [0.3, 0.4) is 0 Å². The number of nitrogens with zero attached hydrogens (tertiary/aromatic N) is 1. The molecule has 1 aliphatic rings. The first-order valence-electron chi connectivity index (χ1n) is 6.39. The summed E-state index contributed by atoms with van der Waals surface area (Å²) in [6.07, 6.45) is 0.334. The third-order valence-electron chi connectivity index (χ3n) is 2.91. The summed E-state index contributed by atoms with van der Waals surface area (Å²) in [6, 6.07) is 0. The summed E-state index contributed by atoms with van der Waals surface area (Å²) in [6.45, 7) is 17.4. The summed E-state index contributed by atoms with van der Waals surface area (Å²) in [5.41, 5.74) is 0.169. The lowest BCUT2D eigenvalue weighted by molar-refractivity contribution is -0.131. The number of hydrogen-bond donors (Lipinski definition) is 1. The first-order valence-corrected chi connectivity index (χ1v) is 6.39. The molecule has 0 amide bonds. The molecule has 1 N–H and O–H groups in total. The van der Waals surface area contributed by atoms with Crippen LogP contribution in [0.2, 0.25) is 0 Å². The molecule has 1 rings (SSSR count). The van der Waals surface area contributed by atoms with Gasteiger partial charge in [-0.2, -0.15) is 0 Å². The summed E-state index contributed by atoms with van der Waals surface area (Å²) in [5.74, 6) is 0. The van der Waals surface area contributed by atoms with Gasteiger partial charge in [-0.25, -0.2) is 0 Å². The maximum absolute atomic E-state index is 5.92. The van der Waals surface area contributed by atoms with Gasteiger partial charge in [-0.15, -0.1) is 0 Å². The molecular weight excluding hydrogens is 200 g/mol. The molecule has 3 heteroatoms. The Labute approximate surface area is 101 Å². The average molecular weight is 228 g/mol. The van der Waals surface area contributed by atoms with Crippen molar-refractivity contribution in [2.24, 2.45) is 0 Å². The second-order valence-electron chi connectivity index (χ2n) is 6.27. The van der Waals surface area contributed by atoms with E-state index in [1.165, 1.54) is 0 Å². The van der Waals surface area contributed by atoms with Crippen LogP contribution in [0.15, 0.2) is 0 Å². The fraction of sp³-hybridized carbons (Fsp3) is 1.00. The number of likely N-dealkylation sites (N-methyl/N-ethyl adjacent to an activating group) is 1. The molecule has 1 aliphatic heterocycles. The van der Waals surface area contributed by atoms with E-state index >= 15 is 0 Å². The maximum atomic E-state index is 5.92. The van der Waals surface area contributed by atoms with Crippen molar-refractivity contribution < 1.29 is 4.74 Å². The average Bonchev–Trinajstić information content (AvgIpc) is 1.96. The molecule has 0 spiro atoms. The summed E-state index contributed by atoms with van der Waals surface area (Å²) >= 11 is 0. The second-order valence-corrected chi connectivity index (χ2v) is 6.27. The summed E-state index contributed by atoms with van der Waals surface area (Å²) in [4.78, 5) is 2.51. The largest absolute Gasteiger partial charge is 0.370 e. The second kappa shape index (κ2) is 5.03. The lowest BCUT2D eigenvalue weighted by Crippen LogP contribution is -2.57. The minimum atomic E-state index is -0.0139. The highest BCUT2D eigenvalue weighted by Gasteiger charge is 2.33. The van der Waals surface area contributed by atoms with Gasteiger partial charge in [0.25, 0.3) is 0 Å². The molecule has 3 nitrogen and oxygen atoms in total. The molecule has 0 bridgehead atoms. The van der Waals surface area contributed by atoms with Crippen LogP contribution in [-0.4, -0.2) is 48.3 Å². The first kappa shape index (κ1) is 13.9. The van der Waals surface area contributed by atoms with Crippen molar-refractivity contribution in [3.63, 3.8) is 0 Å². The van der Waals surface area contributed by atoms with Gasteiger partial charge in [0.05, 0.1) is 11.7 Å². The standard InChI is InChI=1S/C13H28N2O/c1-7-14-12(3,4)9-15-8-11(2)16-13(5,6)10-15/h11,14H,7-10H2,1-6H3. The number of morpholine rings is 1. The molecule has 0 saturated carbocycles. The highest BCUT2D eigenvalue weighted by molar-refractivity contribution is 4.88. The number of ether oxygens (including phenoxy) is 1. The zero-order valence-electron chi connectivity index (χ0n) is 11.8. The Morgan fingerprint density at radius 3 is 2.56 bits per heavy atom. The third kappa shape index (κ3) is 4.40. The summed E-state index contributed by atoms with van der Waals surface area (Å²) in [5, 5.41) is 3.53. The van der Waals surface area contributed by atoms with Gasteiger partial charge < -0.3 is 10.1 Å². The zero-order chi connectivity index (χ0) is 12.4. The minimum Gasteiger partial charge on any atom is -0.370 e. The van der Waals surface area contributed by atoms with Crippen LogP contribution in [0.4, 0.5) is 0 Å². The fourth-order valence-electron chi connectivity index (χ4n) is 2.80. The lowest BCUT2D eigenvalue weighted by atomic mass is 10.0. The summed E-state index contributed by atoms with van der Waals surface area (Å²) < 4.78 is 5.92. The Kier molecular flexibility index (Phi) is 4.38. The van der Waals surface area contributed by atoms with Crippen LogP contribution >= 0.6 is 0 Å². The van der Waals surface area contributed by atoms with E-state index in [1.54, 1.807) is 0 Å². The van der Waals surface area contributed by atoms with Crippen LogP contribution in [-0.2, 0) is 4.74 Å². The highest BCUT2D eigenvalue weighted by atomic mass is 16.5. The van der Waals surface area contributed by atoms with E-state index in [4.69, 9.17) is 4.74 Å². The predicted molar refractivity (Wildman–Crippen MR) is 68.8 cm³/mol. The Morgan fingerprint density at radius 1 is 1.44 bits per heavy atom. The number of hydrogen-bond acceptors (Lipinski definition) is 3. The van der Waals surface area contributed by atoms with Crippen molar-refractivity contribution in [1.29, 1.82) is 0 Å². The molecule has 1 heterocycles. The molecule has 0 aliphatic carbocycles. The topological polar surface area (TPSA) is 24.5 Å². The van der Waals surface area contributed by atoms with Gasteiger partial charge in [0.2, 0.25) is 0 Å². The van der Waals surface area contributed by atoms with Crippen LogP contribution in [0, 0.1) is 0 Å². The number of nitrogens with one attached hydrogen (secondary N) is 1. The monoisotopic (exact) mass is 228 g/mol. The number of rotatable bonds is 4. The molecule has 0 aromatic rings. The predicted octanol–water partition coefficient (Wildman–Crippen LogP) is 1.87. The Balaban J connectivity index is 2.54. The molecule has 1 fully saturated rings. The maximum Gasteiger partial charge on any atom is 0.0757 e. The fourth-order valence-corrected chi connectivity index (χ4v) is 2.80.